The summed E-state index contributed by atoms with van der Waals surface area (Å²) in [7, 11) is -1.07. The van der Waals surface area contributed by atoms with E-state index in [0.717, 1.165) is 22.7 Å². The summed E-state index contributed by atoms with van der Waals surface area (Å²) in [6.07, 6.45) is 1.03. The Morgan fingerprint density at radius 3 is 2.51 bits per heavy atom. The zero-order valence-corrected chi connectivity index (χ0v) is 24.8. The van der Waals surface area contributed by atoms with Gasteiger partial charge in [0.15, 0.2) is 12.5 Å². The third kappa shape index (κ3) is 4.49. The molecule has 4 heterocycles. The van der Waals surface area contributed by atoms with E-state index in [-0.39, 0.29) is 40.3 Å². The molecule has 228 valence electrons. The van der Waals surface area contributed by atoms with Gasteiger partial charge in [0.1, 0.15) is 34.5 Å². The summed E-state index contributed by atoms with van der Waals surface area (Å²) in [6, 6.07) is 15.6. The maximum Gasteiger partial charge on any atom is 0.255 e. The molecule has 3 aromatic heterocycles. The Balaban J connectivity index is 1.50. The van der Waals surface area contributed by atoms with Crippen molar-refractivity contribution in [2.75, 3.05) is 24.7 Å². The number of ether oxygens (including phenoxy) is 1. The lowest BCUT2D eigenvalue weighted by Crippen LogP contribution is -2.25. The van der Waals surface area contributed by atoms with Crippen LogP contribution in [0.3, 0.4) is 0 Å². The van der Waals surface area contributed by atoms with Gasteiger partial charge in [0.25, 0.3) is 5.91 Å². The topological polar surface area (TPSA) is 107 Å². The Morgan fingerprint density at radius 1 is 0.978 bits per heavy atom. The van der Waals surface area contributed by atoms with E-state index in [2.05, 4.69) is 5.32 Å². The van der Waals surface area contributed by atoms with Crippen molar-refractivity contribution >= 4 is 43.5 Å². The minimum absolute atomic E-state index is 0.0373. The van der Waals surface area contributed by atoms with Crippen LogP contribution in [-0.2, 0) is 16.8 Å². The number of anilines is 1. The molecule has 0 bridgehead atoms. The predicted molar refractivity (Wildman–Crippen MR) is 163 cm³/mol. The van der Waals surface area contributed by atoms with Gasteiger partial charge in [-0.3, -0.25) is 9.10 Å². The van der Waals surface area contributed by atoms with Gasteiger partial charge >= 0.3 is 0 Å². The van der Waals surface area contributed by atoms with Gasteiger partial charge in [-0.2, -0.15) is 0 Å². The summed E-state index contributed by atoms with van der Waals surface area (Å²) in [6.45, 7) is 0.136. The van der Waals surface area contributed by atoms with Gasteiger partial charge in [-0.1, -0.05) is 6.07 Å². The van der Waals surface area contributed by atoms with E-state index in [1.807, 2.05) is 0 Å². The summed E-state index contributed by atoms with van der Waals surface area (Å²) in [5.74, 6) is -2.48. The molecule has 3 aromatic carbocycles. The number of rotatable bonds is 5. The van der Waals surface area contributed by atoms with E-state index in [1.165, 1.54) is 26.2 Å². The highest BCUT2D eigenvalue weighted by atomic mass is 32.2. The fourth-order valence-electron chi connectivity index (χ4n) is 5.60. The molecule has 0 atom stereocenters. The molecule has 0 saturated carbocycles. The monoisotopic (exact) mass is 632 g/mol. The number of pyridine rings is 1. The number of hydrogen-bond acceptors (Lipinski definition) is 6. The van der Waals surface area contributed by atoms with Crippen molar-refractivity contribution < 1.29 is 35.5 Å². The molecule has 1 aliphatic heterocycles. The second kappa shape index (κ2) is 10.1. The lowest BCUT2D eigenvalue weighted by molar-refractivity contribution is 0.0964. The standard InChI is InChI=1S/C32H23F3N4O5S/c1-36-32(40)29-20-12-19(23-9-10-27-30(37-23)26-13-18-21(34)5-4-6-24(18)39(26)15-43-27)25(38(2)45(3,41)42)14-28(20)44-31(29)17-8-7-16(33)11-22(17)35/h4-14H,15H2,1-3H3,(H,36,40). The van der Waals surface area contributed by atoms with Crippen LogP contribution in [0, 0.1) is 17.5 Å². The van der Waals surface area contributed by atoms with E-state index in [4.69, 9.17) is 14.1 Å². The van der Waals surface area contributed by atoms with Crippen molar-refractivity contribution in [3.63, 3.8) is 0 Å². The normalized spacial score (nSPS) is 12.6. The smallest absolute Gasteiger partial charge is 0.255 e. The summed E-state index contributed by atoms with van der Waals surface area (Å²) >= 11 is 0. The van der Waals surface area contributed by atoms with Gasteiger partial charge in [0.2, 0.25) is 10.0 Å². The average Bonchev–Trinajstić information content (AvgIpc) is 3.58. The van der Waals surface area contributed by atoms with Crippen LogP contribution in [0.4, 0.5) is 18.9 Å². The van der Waals surface area contributed by atoms with Crippen molar-refractivity contribution in [1.29, 1.82) is 0 Å². The third-order valence-electron chi connectivity index (χ3n) is 7.89. The van der Waals surface area contributed by atoms with Gasteiger partial charge in [-0.15, -0.1) is 0 Å². The Hall–Kier alpha value is -5.30. The van der Waals surface area contributed by atoms with E-state index in [1.54, 1.807) is 41.0 Å². The number of carbonyl (C=O) groups is 1. The zero-order chi connectivity index (χ0) is 31.8. The van der Waals surface area contributed by atoms with Crippen molar-refractivity contribution in [3.8, 4) is 39.7 Å². The van der Waals surface area contributed by atoms with Crippen LogP contribution in [-0.4, -0.2) is 44.2 Å². The van der Waals surface area contributed by atoms with E-state index in [0.29, 0.717) is 45.4 Å². The van der Waals surface area contributed by atoms with Crippen LogP contribution in [0.15, 0.2) is 71.1 Å². The van der Waals surface area contributed by atoms with E-state index in [9.17, 15) is 26.4 Å². The molecule has 1 aliphatic rings. The Labute approximate surface area is 254 Å². The number of carbonyl (C=O) groups excluding carboxylic acids is 1. The molecule has 13 heteroatoms. The van der Waals surface area contributed by atoms with Crippen LogP contribution in [0.5, 0.6) is 5.75 Å². The first-order chi connectivity index (χ1) is 21.5. The molecule has 0 unspecified atom stereocenters. The number of hydrogen-bond donors (Lipinski definition) is 1. The van der Waals surface area contributed by atoms with Crippen LogP contribution >= 0.6 is 0 Å². The van der Waals surface area contributed by atoms with Crippen LogP contribution in [0.2, 0.25) is 0 Å². The first kappa shape index (κ1) is 28.5. The van der Waals surface area contributed by atoms with Crippen molar-refractivity contribution in [3.05, 3.63) is 89.7 Å². The number of sulfonamides is 1. The van der Waals surface area contributed by atoms with Crippen molar-refractivity contribution in [2.45, 2.75) is 6.73 Å². The van der Waals surface area contributed by atoms with Crippen molar-refractivity contribution in [1.82, 2.24) is 14.9 Å². The molecular formula is C32H23F3N4O5S. The molecule has 45 heavy (non-hydrogen) atoms. The van der Waals surface area contributed by atoms with Gasteiger partial charge in [0, 0.05) is 42.6 Å². The van der Waals surface area contributed by atoms with E-state index < -0.39 is 33.4 Å². The molecule has 6 aromatic rings. The van der Waals surface area contributed by atoms with Crippen LogP contribution < -0.4 is 14.4 Å². The number of aromatic nitrogens is 2. The van der Waals surface area contributed by atoms with E-state index >= 15 is 0 Å². The highest BCUT2D eigenvalue weighted by molar-refractivity contribution is 7.92. The Bertz CT molecular complexity index is 2330. The second-order valence-corrected chi connectivity index (χ2v) is 12.6. The fourth-order valence-corrected chi connectivity index (χ4v) is 6.11. The second-order valence-electron chi connectivity index (χ2n) is 10.6. The number of halogens is 3. The lowest BCUT2D eigenvalue weighted by Gasteiger charge is -2.23. The highest BCUT2D eigenvalue weighted by Crippen LogP contribution is 2.44. The molecule has 1 amide bonds. The third-order valence-corrected chi connectivity index (χ3v) is 9.08. The maximum atomic E-state index is 14.9. The fraction of sp³-hybridized carbons (Fsp3) is 0.125. The largest absolute Gasteiger partial charge is 0.470 e. The lowest BCUT2D eigenvalue weighted by atomic mass is 10.00. The molecule has 9 nitrogen and oxygen atoms in total. The molecule has 0 aliphatic carbocycles. The molecule has 0 saturated heterocycles. The van der Waals surface area contributed by atoms with Crippen molar-refractivity contribution in [2.24, 2.45) is 0 Å². The first-order valence-electron chi connectivity index (χ1n) is 13.6. The Kier molecular flexibility index (Phi) is 6.41. The first-order valence-corrected chi connectivity index (χ1v) is 15.5. The van der Waals surface area contributed by atoms with Gasteiger partial charge in [0.05, 0.1) is 40.0 Å². The summed E-state index contributed by atoms with van der Waals surface area (Å²) in [5, 5.41) is 3.15. The van der Waals surface area contributed by atoms with Gasteiger partial charge < -0.3 is 19.0 Å². The van der Waals surface area contributed by atoms with Crippen LogP contribution in [0.1, 0.15) is 10.4 Å². The quantitative estimate of drug-likeness (QED) is 0.239. The number of fused-ring (bicyclic) bond motifs is 6. The number of benzene rings is 3. The molecular weight excluding hydrogens is 609 g/mol. The minimum atomic E-state index is -3.82. The summed E-state index contributed by atoms with van der Waals surface area (Å²) < 4.78 is 83.6. The summed E-state index contributed by atoms with van der Waals surface area (Å²) in [5.41, 5.74) is 2.27. The molecule has 1 N–H and O–H groups in total. The molecule has 7 rings (SSSR count). The van der Waals surface area contributed by atoms with Crippen LogP contribution in [0.25, 0.3) is 55.8 Å². The predicted octanol–water partition coefficient (Wildman–Crippen LogP) is 6.31. The number of amides is 1. The average molecular weight is 633 g/mol. The molecule has 0 fully saturated rings. The Morgan fingerprint density at radius 2 is 1.78 bits per heavy atom. The number of nitrogens with zero attached hydrogens (tertiary/aromatic N) is 3. The molecule has 0 radical (unpaired) electrons. The zero-order valence-electron chi connectivity index (χ0n) is 24.0. The van der Waals surface area contributed by atoms with Gasteiger partial charge in [-0.25, -0.2) is 26.6 Å². The maximum absolute atomic E-state index is 14.9. The number of furan rings is 1. The highest BCUT2D eigenvalue weighted by Gasteiger charge is 2.29. The van der Waals surface area contributed by atoms with Gasteiger partial charge in [-0.05, 0) is 48.5 Å². The minimum Gasteiger partial charge on any atom is -0.470 e. The molecule has 0 spiro atoms. The summed E-state index contributed by atoms with van der Waals surface area (Å²) in [4.78, 5) is 18.0. The SMILES string of the molecule is CNC(=O)c1c(-c2ccc(F)cc2F)oc2cc(N(C)S(C)(=O)=O)c(-c3ccc4c(n3)-c3cc5c(F)cccc5n3CO4)cc12. The number of nitrogens with one attached hydrogen (secondary N) is 1.